The lowest BCUT2D eigenvalue weighted by molar-refractivity contribution is 1.00. The Hall–Kier alpha value is -1.63. The molecule has 3 aromatic rings. The molecule has 17 heavy (non-hydrogen) atoms. The zero-order chi connectivity index (χ0) is 11.8. The van der Waals surface area contributed by atoms with E-state index in [-0.39, 0.29) is 5.69 Å². The minimum atomic E-state index is -0.174. The zero-order valence-corrected chi connectivity index (χ0v) is 10.9. The minimum Gasteiger partial charge on any atom is -0.314 e. The van der Waals surface area contributed by atoms with E-state index in [1.165, 1.54) is 7.97 Å². The molecule has 0 saturated carbocycles. The maximum Gasteiger partial charge on any atom is 0.331 e. The number of hydrogen-bond acceptors (Lipinski definition) is 2. The van der Waals surface area contributed by atoms with Crippen molar-refractivity contribution in [3.63, 3.8) is 0 Å². The van der Waals surface area contributed by atoms with Crippen LogP contribution in [0.2, 0.25) is 0 Å². The van der Waals surface area contributed by atoms with Crippen molar-refractivity contribution in [2.45, 2.75) is 0 Å². The fourth-order valence-electron chi connectivity index (χ4n) is 1.69. The van der Waals surface area contributed by atoms with E-state index in [0.717, 1.165) is 11.3 Å². The van der Waals surface area contributed by atoms with Gasteiger partial charge in [0.25, 0.3) is 0 Å². The number of aromatic nitrogens is 3. The summed E-state index contributed by atoms with van der Waals surface area (Å²) in [7, 11) is 0. The first-order chi connectivity index (χ1) is 8.24. The summed E-state index contributed by atoms with van der Waals surface area (Å²) < 4.78 is 2.68. The highest BCUT2D eigenvalue weighted by atomic mass is 127. The number of hydrogen-bond donors (Lipinski definition) is 1. The first kappa shape index (κ1) is 10.5. The van der Waals surface area contributed by atoms with E-state index in [1.807, 2.05) is 24.3 Å². The predicted molar refractivity (Wildman–Crippen MR) is 74.0 cm³/mol. The Morgan fingerprint density at radius 3 is 2.65 bits per heavy atom. The van der Waals surface area contributed by atoms with Gasteiger partial charge in [0.1, 0.15) is 5.65 Å². The van der Waals surface area contributed by atoms with Gasteiger partial charge in [-0.3, -0.25) is 4.40 Å². The molecule has 3 rings (SSSR count). The first-order valence-electron chi connectivity index (χ1n) is 5.07. The van der Waals surface area contributed by atoms with Crippen LogP contribution in [-0.2, 0) is 0 Å². The van der Waals surface area contributed by atoms with Crippen LogP contribution in [0.15, 0.2) is 47.5 Å². The standard InChI is InChI=1S/C12H8IN3O/c13-9-3-1-8(2-4-9)10-7-16-11(15-10)5-6-14-12(16)17/h1-7H,(H,14,17). The van der Waals surface area contributed by atoms with Crippen LogP contribution in [0.3, 0.4) is 0 Å². The lowest BCUT2D eigenvalue weighted by Gasteiger charge is -1.95. The quantitative estimate of drug-likeness (QED) is 0.693. The lowest BCUT2D eigenvalue weighted by atomic mass is 10.2. The van der Waals surface area contributed by atoms with Gasteiger partial charge in [-0.25, -0.2) is 9.78 Å². The van der Waals surface area contributed by atoms with Crippen LogP contribution >= 0.6 is 22.6 Å². The van der Waals surface area contributed by atoms with Crippen molar-refractivity contribution >= 4 is 28.2 Å². The number of rotatable bonds is 1. The SMILES string of the molecule is O=c1[nH]ccc2nc(-c3ccc(I)cc3)cn12. The molecule has 0 unspecified atom stereocenters. The number of fused-ring (bicyclic) bond motifs is 1. The molecule has 0 radical (unpaired) electrons. The summed E-state index contributed by atoms with van der Waals surface area (Å²) in [4.78, 5) is 18.6. The van der Waals surface area contributed by atoms with E-state index >= 15 is 0 Å². The lowest BCUT2D eigenvalue weighted by Crippen LogP contribution is -2.13. The van der Waals surface area contributed by atoms with E-state index < -0.39 is 0 Å². The molecule has 5 heteroatoms. The summed E-state index contributed by atoms with van der Waals surface area (Å²) in [6, 6.07) is 9.81. The van der Waals surface area contributed by atoms with Gasteiger partial charge in [0.2, 0.25) is 0 Å². The second-order valence-electron chi connectivity index (χ2n) is 3.64. The van der Waals surface area contributed by atoms with Crippen molar-refractivity contribution in [2.75, 3.05) is 0 Å². The highest BCUT2D eigenvalue weighted by molar-refractivity contribution is 14.1. The molecule has 0 aliphatic rings. The Kier molecular flexibility index (Phi) is 2.47. The summed E-state index contributed by atoms with van der Waals surface area (Å²) in [5.74, 6) is 0. The normalized spacial score (nSPS) is 10.9. The molecule has 0 fully saturated rings. The van der Waals surface area contributed by atoms with E-state index in [4.69, 9.17) is 0 Å². The smallest absolute Gasteiger partial charge is 0.314 e. The number of imidazole rings is 1. The molecule has 2 aromatic heterocycles. The fourth-order valence-corrected chi connectivity index (χ4v) is 2.05. The van der Waals surface area contributed by atoms with E-state index in [0.29, 0.717) is 5.65 Å². The van der Waals surface area contributed by atoms with Crippen molar-refractivity contribution in [1.29, 1.82) is 0 Å². The maximum atomic E-state index is 11.5. The topological polar surface area (TPSA) is 50.2 Å². The molecule has 0 aliphatic carbocycles. The molecular weight excluding hydrogens is 329 g/mol. The summed E-state index contributed by atoms with van der Waals surface area (Å²) in [6.07, 6.45) is 3.35. The number of benzene rings is 1. The molecule has 0 saturated heterocycles. The number of nitrogens with zero attached hydrogens (tertiary/aromatic N) is 2. The van der Waals surface area contributed by atoms with Crippen LogP contribution in [0, 0.1) is 3.57 Å². The van der Waals surface area contributed by atoms with Crippen molar-refractivity contribution in [3.05, 3.63) is 56.8 Å². The van der Waals surface area contributed by atoms with Gasteiger partial charge in [0.15, 0.2) is 0 Å². The Bertz CT molecular complexity index is 727. The highest BCUT2D eigenvalue weighted by Crippen LogP contribution is 2.19. The van der Waals surface area contributed by atoms with Crippen LogP contribution in [0.4, 0.5) is 0 Å². The van der Waals surface area contributed by atoms with Gasteiger partial charge in [-0.05, 0) is 40.8 Å². The molecule has 2 heterocycles. The summed E-state index contributed by atoms with van der Waals surface area (Å²) >= 11 is 2.25. The van der Waals surface area contributed by atoms with E-state index in [9.17, 15) is 4.79 Å². The molecule has 0 atom stereocenters. The Morgan fingerprint density at radius 1 is 1.18 bits per heavy atom. The van der Waals surface area contributed by atoms with Crippen molar-refractivity contribution in [3.8, 4) is 11.3 Å². The van der Waals surface area contributed by atoms with Crippen LogP contribution in [-0.4, -0.2) is 14.4 Å². The third kappa shape index (κ3) is 1.86. The average Bonchev–Trinajstić information content (AvgIpc) is 2.75. The molecule has 4 nitrogen and oxygen atoms in total. The molecule has 0 aliphatic heterocycles. The Morgan fingerprint density at radius 2 is 1.94 bits per heavy atom. The predicted octanol–water partition coefficient (Wildman–Crippen LogP) is 2.29. The molecular formula is C12H8IN3O. The van der Waals surface area contributed by atoms with Crippen molar-refractivity contribution < 1.29 is 0 Å². The molecule has 1 aromatic carbocycles. The summed E-state index contributed by atoms with van der Waals surface area (Å²) in [5.41, 5.74) is 2.29. The Labute approximate surface area is 110 Å². The second kappa shape index (κ2) is 3.99. The second-order valence-corrected chi connectivity index (χ2v) is 4.89. The Balaban J connectivity index is 2.21. The van der Waals surface area contributed by atoms with Crippen LogP contribution in [0.5, 0.6) is 0 Å². The van der Waals surface area contributed by atoms with Gasteiger partial charge in [-0.1, -0.05) is 12.1 Å². The molecule has 0 bridgehead atoms. The minimum absolute atomic E-state index is 0.174. The third-order valence-electron chi connectivity index (χ3n) is 2.53. The van der Waals surface area contributed by atoms with Crippen molar-refractivity contribution in [1.82, 2.24) is 14.4 Å². The summed E-state index contributed by atoms with van der Waals surface area (Å²) in [5, 5.41) is 0. The largest absolute Gasteiger partial charge is 0.331 e. The van der Waals surface area contributed by atoms with Gasteiger partial charge in [0.05, 0.1) is 5.69 Å². The summed E-state index contributed by atoms with van der Waals surface area (Å²) in [6.45, 7) is 0. The van der Waals surface area contributed by atoms with Gasteiger partial charge >= 0.3 is 5.69 Å². The van der Waals surface area contributed by atoms with Gasteiger partial charge in [-0.2, -0.15) is 0 Å². The number of nitrogens with one attached hydrogen (secondary N) is 1. The van der Waals surface area contributed by atoms with E-state index in [2.05, 4.69) is 32.6 Å². The third-order valence-corrected chi connectivity index (χ3v) is 3.25. The maximum absolute atomic E-state index is 11.5. The number of aromatic amines is 1. The average molecular weight is 337 g/mol. The number of H-pyrrole nitrogens is 1. The zero-order valence-electron chi connectivity index (χ0n) is 8.72. The fraction of sp³-hybridized carbons (Fsp3) is 0. The molecule has 0 amide bonds. The number of halogens is 1. The van der Waals surface area contributed by atoms with Gasteiger partial charge in [0, 0.05) is 21.5 Å². The molecule has 0 spiro atoms. The highest BCUT2D eigenvalue weighted by Gasteiger charge is 2.05. The van der Waals surface area contributed by atoms with Crippen molar-refractivity contribution in [2.24, 2.45) is 0 Å². The van der Waals surface area contributed by atoms with Gasteiger partial charge < -0.3 is 4.98 Å². The molecule has 84 valence electrons. The monoisotopic (exact) mass is 337 g/mol. The van der Waals surface area contributed by atoms with Crippen LogP contribution in [0.25, 0.3) is 16.9 Å². The first-order valence-corrected chi connectivity index (χ1v) is 6.15. The van der Waals surface area contributed by atoms with Crippen LogP contribution in [0.1, 0.15) is 0 Å². The van der Waals surface area contributed by atoms with Crippen LogP contribution < -0.4 is 5.69 Å². The van der Waals surface area contributed by atoms with Gasteiger partial charge in [-0.15, -0.1) is 0 Å². The van der Waals surface area contributed by atoms with E-state index in [1.54, 1.807) is 18.5 Å². The molecule has 1 N–H and O–H groups in total.